The van der Waals surface area contributed by atoms with Crippen LogP contribution in [0.1, 0.15) is 41.4 Å². The highest BCUT2D eigenvalue weighted by atomic mass is 32.2. The number of anilines is 1. The molecule has 0 unspecified atom stereocenters. The van der Waals surface area contributed by atoms with Crippen LogP contribution in [0, 0.1) is 6.92 Å². The fraction of sp³-hybridized carbons (Fsp3) is 0.296. The number of carbonyl (C=O) groups is 1. The van der Waals surface area contributed by atoms with E-state index in [1.54, 1.807) is 29.1 Å². The molecule has 2 aromatic heterocycles. The van der Waals surface area contributed by atoms with Crippen LogP contribution in [-0.2, 0) is 20.2 Å². The summed E-state index contributed by atoms with van der Waals surface area (Å²) in [4.78, 5) is 17.5. The van der Waals surface area contributed by atoms with E-state index in [9.17, 15) is 13.2 Å². The van der Waals surface area contributed by atoms with Crippen molar-refractivity contribution in [1.82, 2.24) is 19.5 Å². The Hall–Kier alpha value is -3.96. The number of methoxy groups -OCH3 is 1. The Bertz CT molecular complexity index is 1640. The number of aromatic nitrogens is 3. The number of sulfonamides is 1. The van der Waals surface area contributed by atoms with Gasteiger partial charge in [-0.3, -0.25) is 4.79 Å². The minimum atomic E-state index is -4.27. The number of fused-ring (bicyclic) bond motifs is 1. The maximum atomic E-state index is 13.4. The van der Waals surface area contributed by atoms with Crippen molar-refractivity contribution in [2.24, 2.45) is 0 Å². The number of nitrogens with zero attached hydrogens (tertiary/aromatic N) is 3. The van der Waals surface area contributed by atoms with Crippen molar-refractivity contribution in [3.8, 4) is 11.4 Å². The monoisotopic (exact) mass is 535 g/mol. The van der Waals surface area contributed by atoms with E-state index in [0.29, 0.717) is 24.4 Å². The highest BCUT2D eigenvalue weighted by Crippen LogP contribution is 2.37. The van der Waals surface area contributed by atoms with Crippen LogP contribution >= 0.6 is 0 Å². The lowest BCUT2D eigenvalue weighted by molar-refractivity contribution is 0.0563. The van der Waals surface area contributed by atoms with E-state index >= 15 is 0 Å². The zero-order valence-corrected chi connectivity index (χ0v) is 22.2. The second-order valence-electron chi connectivity index (χ2n) is 9.69. The van der Waals surface area contributed by atoms with Gasteiger partial charge in [-0.2, -0.15) is 5.10 Å². The van der Waals surface area contributed by atoms with Crippen LogP contribution in [-0.4, -0.2) is 49.4 Å². The number of aryl methyl sites for hydroxylation is 1. The number of nitrogens with two attached hydrogens (primary N) is 1. The number of benzene rings is 2. The van der Waals surface area contributed by atoms with Crippen molar-refractivity contribution in [3.05, 3.63) is 71.7 Å². The molecule has 4 aromatic rings. The number of rotatable bonds is 6. The van der Waals surface area contributed by atoms with Gasteiger partial charge in [0.05, 0.1) is 36.4 Å². The van der Waals surface area contributed by atoms with Gasteiger partial charge in [-0.25, -0.2) is 22.8 Å². The van der Waals surface area contributed by atoms with Gasteiger partial charge in [0.25, 0.3) is 15.9 Å². The van der Waals surface area contributed by atoms with Crippen LogP contribution in [0.15, 0.2) is 59.8 Å². The molecule has 2 aromatic carbocycles. The molecule has 1 saturated heterocycles. The largest absolute Gasteiger partial charge is 0.495 e. The standard InChI is InChI=1S/C27H29N5O5S/c1-17-4-8-22(32-16-19(28)15-29-32)20-6-7-21(30-25(17)20)26(33)31-38(34,35)24-14-18(5-9-23(24)36-3)27(2)10-12-37-13-11-27/h4-9,14-16H,10-13,28H2,1-3H3,(H,31,33). The third kappa shape index (κ3) is 4.70. The van der Waals surface area contributed by atoms with Crippen molar-refractivity contribution in [3.63, 3.8) is 0 Å². The molecule has 5 rings (SSSR count). The lowest BCUT2D eigenvalue weighted by Gasteiger charge is -2.34. The van der Waals surface area contributed by atoms with E-state index in [4.69, 9.17) is 15.2 Å². The van der Waals surface area contributed by atoms with E-state index < -0.39 is 15.9 Å². The number of nitrogen functional groups attached to an aromatic ring is 1. The normalized spacial score (nSPS) is 15.3. The van der Waals surface area contributed by atoms with Crippen molar-refractivity contribution < 1.29 is 22.7 Å². The molecule has 38 heavy (non-hydrogen) atoms. The van der Waals surface area contributed by atoms with E-state index in [1.165, 1.54) is 19.4 Å². The Labute approximate surface area is 220 Å². The number of pyridine rings is 1. The Morgan fingerprint density at radius 1 is 1.16 bits per heavy atom. The summed E-state index contributed by atoms with van der Waals surface area (Å²) in [7, 11) is -2.88. The van der Waals surface area contributed by atoms with Gasteiger partial charge in [0.2, 0.25) is 0 Å². The van der Waals surface area contributed by atoms with Gasteiger partial charge in [-0.1, -0.05) is 19.1 Å². The molecule has 198 valence electrons. The second kappa shape index (κ2) is 9.73. The van der Waals surface area contributed by atoms with Crippen LogP contribution in [0.5, 0.6) is 5.75 Å². The van der Waals surface area contributed by atoms with Gasteiger partial charge in [-0.15, -0.1) is 0 Å². The topological polar surface area (TPSA) is 138 Å². The Morgan fingerprint density at radius 2 is 1.92 bits per heavy atom. The minimum Gasteiger partial charge on any atom is -0.495 e. The number of hydrogen-bond acceptors (Lipinski definition) is 8. The third-order valence-electron chi connectivity index (χ3n) is 7.09. The molecule has 1 fully saturated rings. The zero-order valence-electron chi connectivity index (χ0n) is 21.4. The molecule has 0 radical (unpaired) electrons. The zero-order chi connectivity index (χ0) is 27.1. The summed E-state index contributed by atoms with van der Waals surface area (Å²) in [5, 5.41) is 5.00. The van der Waals surface area contributed by atoms with Crippen LogP contribution in [0.2, 0.25) is 0 Å². The molecule has 11 heteroatoms. The molecule has 10 nitrogen and oxygen atoms in total. The summed E-state index contributed by atoms with van der Waals surface area (Å²) in [6.45, 7) is 5.15. The van der Waals surface area contributed by atoms with E-state index in [2.05, 4.69) is 21.7 Å². The average Bonchev–Trinajstić information content (AvgIpc) is 3.34. The molecular formula is C27H29N5O5S. The number of carbonyl (C=O) groups excluding carboxylic acids is 1. The molecule has 1 aliphatic heterocycles. The third-order valence-corrected chi connectivity index (χ3v) is 8.44. The summed E-state index contributed by atoms with van der Waals surface area (Å²) >= 11 is 0. The Balaban J connectivity index is 1.48. The van der Waals surface area contributed by atoms with Crippen LogP contribution < -0.4 is 15.2 Å². The lowest BCUT2D eigenvalue weighted by atomic mass is 9.76. The van der Waals surface area contributed by atoms with Gasteiger partial charge in [0.15, 0.2) is 0 Å². The van der Waals surface area contributed by atoms with E-state index in [0.717, 1.165) is 35.0 Å². The van der Waals surface area contributed by atoms with Gasteiger partial charge in [0, 0.05) is 18.6 Å². The van der Waals surface area contributed by atoms with Crippen molar-refractivity contribution >= 4 is 32.5 Å². The molecule has 1 amide bonds. The van der Waals surface area contributed by atoms with Crippen molar-refractivity contribution in [2.75, 3.05) is 26.1 Å². The molecule has 3 N–H and O–H groups in total. The number of nitrogens with one attached hydrogen (secondary N) is 1. The number of hydrogen-bond donors (Lipinski definition) is 2. The van der Waals surface area contributed by atoms with Crippen LogP contribution in [0.25, 0.3) is 16.6 Å². The van der Waals surface area contributed by atoms with Crippen LogP contribution in [0.3, 0.4) is 0 Å². The molecule has 3 heterocycles. The molecule has 0 atom stereocenters. The summed E-state index contributed by atoms with van der Waals surface area (Å²) < 4.78 is 41.5. The molecular weight excluding hydrogens is 506 g/mol. The molecule has 0 saturated carbocycles. The second-order valence-corrected chi connectivity index (χ2v) is 11.3. The Kier molecular flexibility index (Phi) is 6.58. The van der Waals surface area contributed by atoms with Gasteiger partial charge in [0.1, 0.15) is 16.3 Å². The summed E-state index contributed by atoms with van der Waals surface area (Å²) in [6, 6.07) is 12.0. The number of amides is 1. The molecule has 0 aliphatic carbocycles. The highest BCUT2D eigenvalue weighted by Gasteiger charge is 2.32. The smallest absolute Gasteiger partial charge is 0.283 e. The van der Waals surface area contributed by atoms with Crippen molar-refractivity contribution in [1.29, 1.82) is 0 Å². The summed E-state index contributed by atoms with van der Waals surface area (Å²) in [5.41, 5.74) is 9.00. The number of ether oxygens (including phenoxy) is 2. The molecule has 0 bridgehead atoms. The fourth-order valence-corrected chi connectivity index (χ4v) is 5.89. The first-order valence-electron chi connectivity index (χ1n) is 12.2. The lowest BCUT2D eigenvalue weighted by Crippen LogP contribution is -2.33. The summed E-state index contributed by atoms with van der Waals surface area (Å²) in [6.07, 6.45) is 4.74. The van der Waals surface area contributed by atoms with E-state index in [1.807, 2.05) is 25.1 Å². The van der Waals surface area contributed by atoms with Crippen LogP contribution in [0.4, 0.5) is 5.69 Å². The van der Waals surface area contributed by atoms with E-state index in [-0.39, 0.29) is 21.8 Å². The minimum absolute atomic E-state index is 0.0344. The first-order chi connectivity index (χ1) is 18.1. The highest BCUT2D eigenvalue weighted by molar-refractivity contribution is 7.90. The first kappa shape index (κ1) is 25.7. The fourth-order valence-electron chi connectivity index (χ4n) is 4.74. The predicted octanol–water partition coefficient (Wildman–Crippen LogP) is 3.51. The molecule has 1 aliphatic rings. The van der Waals surface area contributed by atoms with Gasteiger partial charge >= 0.3 is 0 Å². The first-order valence-corrected chi connectivity index (χ1v) is 13.6. The average molecular weight is 536 g/mol. The van der Waals surface area contributed by atoms with Gasteiger partial charge < -0.3 is 15.2 Å². The van der Waals surface area contributed by atoms with Crippen molar-refractivity contribution in [2.45, 2.75) is 37.0 Å². The maximum Gasteiger partial charge on any atom is 0.283 e. The summed E-state index contributed by atoms with van der Waals surface area (Å²) in [5.74, 6) is -0.695. The molecule has 0 spiro atoms. The predicted molar refractivity (Wildman–Crippen MR) is 143 cm³/mol. The van der Waals surface area contributed by atoms with Gasteiger partial charge in [-0.05, 0) is 66.6 Å². The Morgan fingerprint density at radius 3 is 2.61 bits per heavy atom. The SMILES string of the molecule is COc1ccc(C2(C)CCOCC2)cc1S(=O)(=O)NC(=O)c1ccc2c(-n3cc(N)cn3)ccc(C)c2n1. The maximum absolute atomic E-state index is 13.4. The quantitative estimate of drug-likeness (QED) is 0.383.